The molecule has 0 saturated carbocycles. The molecule has 3 aliphatic rings. The molecule has 3 fully saturated rings. The van der Waals surface area contributed by atoms with Gasteiger partial charge in [0.05, 0.1) is 31.2 Å². The predicted octanol–water partition coefficient (Wildman–Crippen LogP) is 2.52. The largest absolute Gasteiger partial charge is 0.466 e. The van der Waals surface area contributed by atoms with Gasteiger partial charge in [-0.1, -0.05) is 42.8 Å². The molecule has 3 heterocycles. The molecule has 6 atom stereocenters. The number of halogens is 1. The predicted molar refractivity (Wildman–Crippen MR) is 131 cm³/mol. The van der Waals surface area contributed by atoms with Crippen LogP contribution in [0, 0.1) is 17.3 Å². The van der Waals surface area contributed by atoms with Gasteiger partial charge in [0, 0.05) is 23.5 Å². The van der Waals surface area contributed by atoms with Crippen molar-refractivity contribution in [1.29, 1.82) is 0 Å². The minimum atomic E-state index is -1.16. The van der Waals surface area contributed by atoms with E-state index in [9.17, 15) is 19.5 Å². The number of amides is 2. The molecule has 0 aromatic heterocycles. The van der Waals surface area contributed by atoms with Crippen molar-refractivity contribution in [3.63, 3.8) is 0 Å². The van der Waals surface area contributed by atoms with Crippen molar-refractivity contribution >= 4 is 33.7 Å². The lowest BCUT2D eigenvalue weighted by atomic mass is 9.70. The second-order valence-corrected chi connectivity index (χ2v) is 12.6. The smallest absolute Gasteiger partial charge is 0.312 e. The number of rotatable bonds is 9. The van der Waals surface area contributed by atoms with Gasteiger partial charge in [0.2, 0.25) is 11.8 Å². The van der Waals surface area contributed by atoms with Crippen LogP contribution in [-0.4, -0.2) is 87.1 Å². The van der Waals surface area contributed by atoms with Crippen LogP contribution in [0.15, 0.2) is 12.7 Å². The average Bonchev–Trinajstić information content (AvgIpc) is 3.28. The van der Waals surface area contributed by atoms with E-state index in [2.05, 4.69) is 43.3 Å². The summed E-state index contributed by atoms with van der Waals surface area (Å²) in [4.78, 5) is 43.9. The summed E-state index contributed by atoms with van der Waals surface area (Å²) in [5.74, 6) is -2.67. The minimum Gasteiger partial charge on any atom is -0.466 e. The van der Waals surface area contributed by atoms with Gasteiger partial charge in [-0.3, -0.25) is 14.4 Å². The maximum absolute atomic E-state index is 14.3. The molecular formula is C25H39BrN2O6. The number of alkyl halides is 1. The summed E-state index contributed by atoms with van der Waals surface area (Å²) < 4.78 is 11.7. The molecule has 3 saturated heterocycles. The van der Waals surface area contributed by atoms with Crippen LogP contribution in [0.3, 0.4) is 0 Å². The Balaban J connectivity index is 2.08. The molecule has 3 unspecified atom stereocenters. The Bertz CT molecular complexity index is 840. The monoisotopic (exact) mass is 542 g/mol. The normalized spacial score (nSPS) is 32.6. The molecule has 2 bridgehead atoms. The lowest BCUT2D eigenvalue weighted by molar-refractivity contribution is -0.155. The first-order chi connectivity index (χ1) is 15.8. The van der Waals surface area contributed by atoms with E-state index in [1.165, 1.54) is 4.90 Å². The van der Waals surface area contributed by atoms with E-state index in [1.54, 1.807) is 17.9 Å². The third-order valence-electron chi connectivity index (χ3n) is 7.19. The molecule has 0 radical (unpaired) electrons. The Hall–Kier alpha value is -1.45. The van der Waals surface area contributed by atoms with Gasteiger partial charge in [0.25, 0.3) is 0 Å². The van der Waals surface area contributed by atoms with Crippen LogP contribution in [-0.2, 0) is 23.9 Å². The number of hydrogen-bond acceptors (Lipinski definition) is 6. The van der Waals surface area contributed by atoms with E-state index >= 15 is 0 Å². The first kappa shape index (κ1) is 27.1. The fraction of sp³-hybridized carbons (Fsp3) is 0.800. The summed E-state index contributed by atoms with van der Waals surface area (Å²) in [5, 5.41) is 9.76. The molecule has 192 valence electrons. The molecule has 0 aromatic carbocycles. The number of aliphatic hydroxyl groups excluding tert-OH is 1. The molecule has 1 N–H and O–H groups in total. The zero-order valence-corrected chi connectivity index (χ0v) is 22.8. The molecular weight excluding hydrogens is 504 g/mol. The number of likely N-dealkylation sites (tertiary alicyclic amines) is 1. The van der Waals surface area contributed by atoms with E-state index < -0.39 is 41.1 Å². The average molecular weight is 543 g/mol. The van der Waals surface area contributed by atoms with Gasteiger partial charge < -0.3 is 24.4 Å². The molecule has 1 spiro atoms. The van der Waals surface area contributed by atoms with Crippen molar-refractivity contribution in [3.05, 3.63) is 12.7 Å². The summed E-state index contributed by atoms with van der Waals surface area (Å²) in [6.07, 6.45) is 2.29. The highest BCUT2D eigenvalue weighted by Crippen LogP contribution is 2.60. The number of carbonyl (C=O) groups excluding carboxylic acids is 3. The standard InChI is InChI=1S/C25H39BrN2O6/c1-8-10-28(24(6,7)14-23(3,4)5)21(31)19-25-13-15(26)18(34-25)16(22(32)33-9-2)17(25)20(30)27(19)11-12-29/h8,15-19,29H,1,9-14H2,2-7H3/t15?,16-,17+,18-,19?,25?/m1/s1. The molecule has 9 heteroatoms. The van der Waals surface area contributed by atoms with E-state index in [-0.39, 0.29) is 41.8 Å². The Morgan fingerprint density at radius 1 is 1.35 bits per heavy atom. The maximum atomic E-state index is 14.3. The Morgan fingerprint density at radius 2 is 2.00 bits per heavy atom. The van der Waals surface area contributed by atoms with Gasteiger partial charge in [-0.15, -0.1) is 6.58 Å². The SMILES string of the molecule is C=CCN(C(=O)C1N(CCO)C(=O)[C@@H]2[C@@H](C(=O)OCC)[C@@H]3OC12CC3Br)C(C)(C)CC(C)(C)C. The number of β-amino-alcohol motifs (C(OH)–C–C–N with tert-alkyl or cyclic N) is 1. The molecule has 0 aromatic rings. The quantitative estimate of drug-likeness (QED) is 0.273. The second-order valence-electron chi connectivity index (χ2n) is 11.5. The number of hydrogen-bond donors (Lipinski definition) is 1. The topological polar surface area (TPSA) is 96.4 Å². The van der Waals surface area contributed by atoms with Gasteiger partial charge >= 0.3 is 5.97 Å². The van der Waals surface area contributed by atoms with E-state index in [0.29, 0.717) is 13.0 Å². The first-order valence-electron chi connectivity index (χ1n) is 12.1. The van der Waals surface area contributed by atoms with Gasteiger partial charge in [0.1, 0.15) is 11.6 Å². The molecule has 8 nitrogen and oxygen atoms in total. The van der Waals surface area contributed by atoms with E-state index in [0.717, 1.165) is 6.42 Å². The lowest BCUT2D eigenvalue weighted by Gasteiger charge is -2.45. The van der Waals surface area contributed by atoms with E-state index in [4.69, 9.17) is 9.47 Å². The highest BCUT2D eigenvalue weighted by atomic mass is 79.9. The first-order valence-corrected chi connectivity index (χ1v) is 13.0. The van der Waals surface area contributed by atoms with Gasteiger partial charge in [-0.25, -0.2) is 0 Å². The number of nitrogens with zero attached hydrogens (tertiary/aromatic N) is 2. The third kappa shape index (κ3) is 4.44. The van der Waals surface area contributed by atoms with Crippen LogP contribution in [0.25, 0.3) is 0 Å². The molecule has 0 aliphatic carbocycles. The maximum Gasteiger partial charge on any atom is 0.312 e. The summed E-state index contributed by atoms with van der Waals surface area (Å²) >= 11 is 3.64. The van der Waals surface area contributed by atoms with Crippen LogP contribution in [0.1, 0.15) is 54.4 Å². The summed E-state index contributed by atoms with van der Waals surface area (Å²) in [7, 11) is 0. The van der Waals surface area contributed by atoms with Crippen LogP contribution in [0.5, 0.6) is 0 Å². The summed E-state index contributed by atoms with van der Waals surface area (Å²) in [6, 6.07) is -0.944. The molecule has 3 rings (SSSR count). The summed E-state index contributed by atoms with van der Waals surface area (Å²) in [5.41, 5.74) is -1.73. The Labute approximate surface area is 211 Å². The van der Waals surface area contributed by atoms with Crippen LogP contribution in [0.2, 0.25) is 0 Å². The highest BCUT2D eigenvalue weighted by Gasteiger charge is 2.77. The van der Waals surface area contributed by atoms with Crippen LogP contribution >= 0.6 is 15.9 Å². The van der Waals surface area contributed by atoms with Crippen molar-refractivity contribution in [2.45, 2.75) is 82.5 Å². The van der Waals surface area contributed by atoms with Crippen molar-refractivity contribution in [2.24, 2.45) is 17.3 Å². The highest BCUT2D eigenvalue weighted by molar-refractivity contribution is 9.09. The number of esters is 1. The molecule has 34 heavy (non-hydrogen) atoms. The number of ether oxygens (including phenoxy) is 2. The van der Waals surface area contributed by atoms with E-state index in [1.807, 2.05) is 13.8 Å². The van der Waals surface area contributed by atoms with Crippen LogP contribution in [0.4, 0.5) is 0 Å². The number of carbonyl (C=O) groups is 3. The number of fused-ring (bicyclic) bond motifs is 1. The van der Waals surface area contributed by atoms with Crippen molar-refractivity contribution in [1.82, 2.24) is 9.80 Å². The fourth-order valence-electron chi connectivity index (χ4n) is 6.57. The molecule has 3 aliphatic heterocycles. The molecule has 2 amide bonds. The van der Waals surface area contributed by atoms with Crippen molar-refractivity contribution in [2.75, 3.05) is 26.3 Å². The lowest BCUT2D eigenvalue weighted by Crippen LogP contribution is -2.61. The Morgan fingerprint density at radius 3 is 2.53 bits per heavy atom. The minimum absolute atomic E-state index is 0.00829. The third-order valence-corrected chi connectivity index (χ3v) is 8.04. The van der Waals surface area contributed by atoms with Gasteiger partial charge in [0.15, 0.2) is 0 Å². The summed E-state index contributed by atoms with van der Waals surface area (Å²) in [6.45, 7) is 16.2. The Kier molecular flexibility index (Phi) is 7.62. The zero-order valence-electron chi connectivity index (χ0n) is 21.2. The number of aliphatic hydroxyl groups is 1. The second kappa shape index (κ2) is 9.54. The van der Waals surface area contributed by atoms with Crippen molar-refractivity contribution in [3.8, 4) is 0 Å². The van der Waals surface area contributed by atoms with Gasteiger partial charge in [-0.05, 0) is 39.0 Å². The van der Waals surface area contributed by atoms with Crippen molar-refractivity contribution < 1.29 is 29.0 Å². The fourth-order valence-corrected chi connectivity index (χ4v) is 7.51. The zero-order chi connectivity index (χ0) is 25.6. The van der Waals surface area contributed by atoms with Gasteiger partial charge in [-0.2, -0.15) is 0 Å². The van der Waals surface area contributed by atoms with Crippen LogP contribution < -0.4 is 0 Å².